The van der Waals surface area contributed by atoms with Crippen molar-refractivity contribution < 1.29 is 14.3 Å². The molecular formula is C17H17NO3. The molecule has 1 aromatic heterocycles. The van der Waals surface area contributed by atoms with Crippen LogP contribution in [0, 0.1) is 11.8 Å². The van der Waals surface area contributed by atoms with Gasteiger partial charge in [-0.15, -0.1) is 0 Å². The van der Waals surface area contributed by atoms with Crippen LogP contribution in [0.25, 0.3) is 0 Å². The minimum absolute atomic E-state index is 0.0242. The fourth-order valence-electron chi connectivity index (χ4n) is 1.92. The number of para-hydroxylation sites is 1. The molecule has 0 saturated carbocycles. The second kappa shape index (κ2) is 7.32. The molecule has 0 bridgehead atoms. The van der Waals surface area contributed by atoms with E-state index in [1.54, 1.807) is 12.1 Å². The number of rotatable bonds is 4. The standard InChI is InChI=1S/C17H17NO3/c1-2-16-14(10-12-21-16)17(20)18-15-9-4-3-7-13(15)8-5-6-11-19/h3-4,7,9-10,12,19H,2,6,11H2,1H3,(H,18,20). The topological polar surface area (TPSA) is 62.5 Å². The maximum atomic E-state index is 12.3. The van der Waals surface area contributed by atoms with E-state index in [1.807, 2.05) is 25.1 Å². The van der Waals surface area contributed by atoms with Crippen molar-refractivity contribution >= 4 is 11.6 Å². The van der Waals surface area contributed by atoms with Gasteiger partial charge in [0.15, 0.2) is 0 Å². The smallest absolute Gasteiger partial charge is 0.259 e. The van der Waals surface area contributed by atoms with Crippen LogP contribution in [-0.4, -0.2) is 17.6 Å². The average molecular weight is 283 g/mol. The van der Waals surface area contributed by atoms with Crippen molar-refractivity contribution in [2.45, 2.75) is 19.8 Å². The molecule has 0 fully saturated rings. The van der Waals surface area contributed by atoms with Gasteiger partial charge in [0.2, 0.25) is 0 Å². The normalized spacial score (nSPS) is 9.81. The summed E-state index contributed by atoms with van der Waals surface area (Å²) in [5, 5.41) is 11.6. The quantitative estimate of drug-likeness (QED) is 0.848. The second-order valence-electron chi connectivity index (χ2n) is 4.39. The Morgan fingerprint density at radius 1 is 1.33 bits per heavy atom. The minimum atomic E-state index is -0.211. The first-order chi connectivity index (χ1) is 10.3. The van der Waals surface area contributed by atoms with Crippen molar-refractivity contribution in [3.05, 3.63) is 53.5 Å². The number of benzene rings is 1. The van der Waals surface area contributed by atoms with Gasteiger partial charge < -0.3 is 14.8 Å². The summed E-state index contributed by atoms with van der Waals surface area (Å²) in [6.07, 6.45) is 2.58. The van der Waals surface area contributed by atoms with E-state index in [1.165, 1.54) is 6.26 Å². The lowest BCUT2D eigenvalue weighted by Gasteiger charge is -2.07. The molecule has 0 spiro atoms. The van der Waals surface area contributed by atoms with Gasteiger partial charge in [0.05, 0.1) is 24.1 Å². The Bertz CT molecular complexity index is 677. The fourth-order valence-corrected chi connectivity index (χ4v) is 1.92. The average Bonchev–Trinajstić information content (AvgIpc) is 2.98. The number of hydrogen-bond acceptors (Lipinski definition) is 3. The molecule has 0 aliphatic carbocycles. The van der Waals surface area contributed by atoms with Gasteiger partial charge >= 0.3 is 0 Å². The summed E-state index contributed by atoms with van der Waals surface area (Å²) in [5.41, 5.74) is 1.91. The van der Waals surface area contributed by atoms with Crippen molar-refractivity contribution in [1.82, 2.24) is 0 Å². The number of carbonyl (C=O) groups is 1. The molecule has 2 rings (SSSR count). The monoisotopic (exact) mass is 283 g/mol. The Kier molecular flexibility index (Phi) is 5.19. The number of nitrogens with one attached hydrogen (secondary N) is 1. The molecule has 1 heterocycles. The van der Waals surface area contributed by atoms with Crippen molar-refractivity contribution in [3.8, 4) is 11.8 Å². The zero-order valence-electron chi connectivity index (χ0n) is 11.8. The van der Waals surface area contributed by atoms with E-state index in [0.29, 0.717) is 29.9 Å². The summed E-state index contributed by atoms with van der Waals surface area (Å²) < 4.78 is 5.27. The van der Waals surface area contributed by atoms with Gasteiger partial charge in [-0.1, -0.05) is 30.9 Å². The van der Waals surface area contributed by atoms with E-state index in [0.717, 1.165) is 5.56 Å². The first kappa shape index (κ1) is 14.9. The van der Waals surface area contributed by atoms with Gasteiger partial charge in [-0.3, -0.25) is 4.79 Å². The first-order valence-electron chi connectivity index (χ1n) is 6.82. The van der Waals surface area contributed by atoms with Crippen LogP contribution in [0.5, 0.6) is 0 Å². The lowest BCUT2D eigenvalue weighted by Crippen LogP contribution is -2.13. The predicted octanol–water partition coefficient (Wildman–Crippen LogP) is 2.83. The third-order valence-electron chi connectivity index (χ3n) is 2.95. The highest BCUT2D eigenvalue weighted by Crippen LogP contribution is 2.17. The molecule has 108 valence electrons. The van der Waals surface area contributed by atoms with Gasteiger partial charge in [-0.2, -0.15) is 0 Å². The number of aliphatic hydroxyl groups excluding tert-OH is 1. The number of aliphatic hydroxyl groups is 1. The molecular weight excluding hydrogens is 266 g/mol. The van der Waals surface area contributed by atoms with Gasteiger partial charge in [0, 0.05) is 18.4 Å². The molecule has 0 unspecified atom stereocenters. The van der Waals surface area contributed by atoms with Crippen molar-refractivity contribution in [2.24, 2.45) is 0 Å². The van der Waals surface area contributed by atoms with Gasteiger partial charge in [-0.05, 0) is 18.2 Å². The van der Waals surface area contributed by atoms with Crippen LogP contribution in [0.4, 0.5) is 5.69 Å². The van der Waals surface area contributed by atoms with Gasteiger partial charge in [0.25, 0.3) is 5.91 Å². The maximum absolute atomic E-state index is 12.3. The Morgan fingerprint density at radius 3 is 2.90 bits per heavy atom. The predicted molar refractivity (Wildman–Crippen MR) is 81.1 cm³/mol. The van der Waals surface area contributed by atoms with Crippen LogP contribution in [0.1, 0.15) is 35.0 Å². The lowest BCUT2D eigenvalue weighted by molar-refractivity contribution is 0.102. The molecule has 1 aromatic carbocycles. The SMILES string of the molecule is CCc1occc1C(=O)Nc1ccccc1C#CCCO. The molecule has 1 amide bonds. The molecule has 0 atom stereocenters. The minimum Gasteiger partial charge on any atom is -0.469 e. The van der Waals surface area contributed by atoms with Gasteiger partial charge in [-0.25, -0.2) is 0 Å². The van der Waals surface area contributed by atoms with Crippen LogP contribution < -0.4 is 5.32 Å². The third kappa shape index (κ3) is 3.74. The highest BCUT2D eigenvalue weighted by molar-refractivity contribution is 6.05. The van der Waals surface area contributed by atoms with Crippen LogP contribution in [0.3, 0.4) is 0 Å². The zero-order valence-corrected chi connectivity index (χ0v) is 11.8. The highest BCUT2D eigenvalue weighted by atomic mass is 16.3. The Labute approximate surface area is 123 Å². The molecule has 0 saturated heterocycles. The molecule has 0 aliphatic rings. The number of furan rings is 1. The van der Waals surface area contributed by atoms with E-state index < -0.39 is 0 Å². The van der Waals surface area contributed by atoms with E-state index in [-0.39, 0.29) is 12.5 Å². The molecule has 2 N–H and O–H groups in total. The molecule has 4 heteroatoms. The summed E-state index contributed by atoms with van der Waals surface area (Å²) in [7, 11) is 0. The number of hydrogen-bond donors (Lipinski definition) is 2. The Morgan fingerprint density at radius 2 is 2.14 bits per heavy atom. The summed E-state index contributed by atoms with van der Waals surface area (Å²) in [6, 6.07) is 8.98. The van der Waals surface area contributed by atoms with E-state index >= 15 is 0 Å². The number of carbonyl (C=O) groups excluding carboxylic acids is 1. The molecule has 4 nitrogen and oxygen atoms in total. The van der Waals surface area contributed by atoms with E-state index in [2.05, 4.69) is 17.2 Å². The van der Waals surface area contributed by atoms with Crippen molar-refractivity contribution in [1.29, 1.82) is 0 Å². The van der Waals surface area contributed by atoms with Crippen LogP contribution in [0.15, 0.2) is 41.0 Å². The summed E-state index contributed by atoms with van der Waals surface area (Å²) in [4.78, 5) is 12.3. The molecule has 0 aliphatic heterocycles. The number of amides is 1. The molecule has 2 aromatic rings. The van der Waals surface area contributed by atoms with Crippen LogP contribution >= 0.6 is 0 Å². The summed E-state index contributed by atoms with van der Waals surface area (Å²) in [6.45, 7) is 1.96. The lowest BCUT2D eigenvalue weighted by atomic mass is 10.1. The van der Waals surface area contributed by atoms with Crippen LogP contribution in [-0.2, 0) is 6.42 Å². The number of aryl methyl sites for hydroxylation is 1. The Hall–Kier alpha value is -2.51. The highest BCUT2D eigenvalue weighted by Gasteiger charge is 2.14. The number of anilines is 1. The zero-order chi connectivity index (χ0) is 15.1. The van der Waals surface area contributed by atoms with Gasteiger partial charge in [0.1, 0.15) is 5.76 Å². The fraction of sp³-hybridized carbons (Fsp3) is 0.235. The van der Waals surface area contributed by atoms with E-state index in [9.17, 15) is 4.79 Å². The summed E-state index contributed by atoms with van der Waals surface area (Å²) in [5.74, 6) is 6.25. The second-order valence-corrected chi connectivity index (χ2v) is 4.39. The van der Waals surface area contributed by atoms with Crippen LogP contribution in [0.2, 0.25) is 0 Å². The molecule has 21 heavy (non-hydrogen) atoms. The van der Waals surface area contributed by atoms with Crippen molar-refractivity contribution in [3.63, 3.8) is 0 Å². The third-order valence-corrected chi connectivity index (χ3v) is 2.95. The van der Waals surface area contributed by atoms with Crippen molar-refractivity contribution in [2.75, 3.05) is 11.9 Å². The largest absolute Gasteiger partial charge is 0.469 e. The maximum Gasteiger partial charge on any atom is 0.259 e. The summed E-state index contributed by atoms with van der Waals surface area (Å²) >= 11 is 0. The Balaban J connectivity index is 2.20. The van der Waals surface area contributed by atoms with E-state index in [4.69, 9.17) is 9.52 Å². The molecule has 0 radical (unpaired) electrons. The first-order valence-corrected chi connectivity index (χ1v) is 6.82.